The molecule has 0 radical (unpaired) electrons. The van der Waals surface area contributed by atoms with Gasteiger partial charge >= 0.3 is 0 Å². The van der Waals surface area contributed by atoms with Crippen molar-refractivity contribution in [3.05, 3.63) is 23.9 Å². The van der Waals surface area contributed by atoms with Gasteiger partial charge in [-0.3, -0.25) is 4.99 Å². The van der Waals surface area contributed by atoms with Gasteiger partial charge in [-0.1, -0.05) is 6.92 Å². The van der Waals surface area contributed by atoms with Gasteiger partial charge in [0.25, 0.3) is 0 Å². The average Bonchev–Trinajstić information content (AvgIpc) is 2.63. The molecular formula is C19H32N4O2. The highest BCUT2D eigenvalue weighted by Crippen LogP contribution is 2.26. The van der Waals surface area contributed by atoms with E-state index in [1.807, 2.05) is 18.3 Å². The van der Waals surface area contributed by atoms with Gasteiger partial charge in [0.15, 0.2) is 5.96 Å². The lowest BCUT2D eigenvalue weighted by atomic mass is 9.89. The van der Waals surface area contributed by atoms with Gasteiger partial charge in [0.1, 0.15) is 6.10 Å². The van der Waals surface area contributed by atoms with Crippen LogP contribution in [-0.2, 0) is 11.3 Å². The van der Waals surface area contributed by atoms with Gasteiger partial charge in [0, 0.05) is 46.1 Å². The molecule has 0 unspecified atom stereocenters. The molecule has 2 rings (SSSR count). The van der Waals surface area contributed by atoms with Crippen molar-refractivity contribution in [1.29, 1.82) is 0 Å². The van der Waals surface area contributed by atoms with E-state index in [9.17, 15) is 0 Å². The molecule has 25 heavy (non-hydrogen) atoms. The summed E-state index contributed by atoms with van der Waals surface area (Å²) in [5.41, 5.74) is 1.13. The van der Waals surface area contributed by atoms with E-state index in [1.165, 1.54) is 12.8 Å². The third-order valence-corrected chi connectivity index (χ3v) is 4.55. The number of nitrogens with one attached hydrogen (secondary N) is 2. The minimum absolute atomic E-state index is 0.308. The number of methoxy groups -OCH3 is 1. The topological polar surface area (TPSA) is 67.8 Å². The van der Waals surface area contributed by atoms with E-state index in [0.29, 0.717) is 12.6 Å². The molecule has 1 aromatic heterocycles. The molecule has 6 nitrogen and oxygen atoms in total. The molecule has 0 bridgehead atoms. The third-order valence-electron chi connectivity index (χ3n) is 4.55. The molecule has 0 aliphatic heterocycles. The molecule has 140 valence electrons. The van der Waals surface area contributed by atoms with Crippen LogP contribution in [0, 0.1) is 5.92 Å². The Morgan fingerprint density at radius 1 is 1.28 bits per heavy atom. The van der Waals surface area contributed by atoms with Gasteiger partial charge in [0.05, 0.1) is 0 Å². The molecule has 0 spiro atoms. The zero-order valence-corrected chi connectivity index (χ0v) is 15.8. The van der Waals surface area contributed by atoms with Crippen molar-refractivity contribution < 1.29 is 9.47 Å². The predicted octanol–water partition coefficient (Wildman–Crippen LogP) is 2.74. The first kappa shape index (κ1) is 19.5. The number of rotatable bonds is 8. The second-order valence-electron chi connectivity index (χ2n) is 6.70. The summed E-state index contributed by atoms with van der Waals surface area (Å²) in [4.78, 5) is 8.59. The maximum atomic E-state index is 6.07. The summed E-state index contributed by atoms with van der Waals surface area (Å²) < 4.78 is 11.1. The van der Waals surface area contributed by atoms with Crippen molar-refractivity contribution in [3.63, 3.8) is 0 Å². The molecule has 1 aromatic rings. The van der Waals surface area contributed by atoms with Crippen LogP contribution in [0.5, 0.6) is 5.88 Å². The first-order valence-corrected chi connectivity index (χ1v) is 9.26. The monoisotopic (exact) mass is 348 g/mol. The molecule has 1 aliphatic rings. The Balaban J connectivity index is 1.78. The molecule has 6 heteroatoms. The van der Waals surface area contributed by atoms with Crippen LogP contribution < -0.4 is 15.4 Å². The number of guanidine groups is 1. The highest BCUT2D eigenvalue weighted by Gasteiger charge is 2.19. The van der Waals surface area contributed by atoms with Gasteiger partial charge in [0.2, 0.25) is 5.88 Å². The second kappa shape index (κ2) is 10.9. The summed E-state index contributed by atoms with van der Waals surface area (Å²) in [7, 11) is 3.49. The van der Waals surface area contributed by atoms with Crippen LogP contribution in [0.25, 0.3) is 0 Å². The number of nitrogens with zero attached hydrogens (tertiary/aromatic N) is 2. The smallest absolute Gasteiger partial charge is 0.213 e. The van der Waals surface area contributed by atoms with Gasteiger partial charge in [-0.2, -0.15) is 0 Å². The summed E-state index contributed by atoms with van der Waals surface area (Å²) in [5, 5.41) is 6.58. The molecule has 0 amide bonds. The van der Waals surface area contributed by atoms with Crippen LogP contribution in [0.15, 0.2) is 23.3 Å². The lowest BCUT2D eigenvalue weighted by Gasteiger charge is -2.26. The number of ether oxygens (including phenoxy) is 2. The summed E-state index contributed by atoms with van der Waals surface area (Å²) in [6, 6.07) is 4.02. The highest BCUT2D eigenvalue weighted by atomic mass is 16.5. The largest absolute Gasteiger partial charge is 0.474 e. The van der Waals surface area contributed by atoms with Gasteiger partial charge < -0.3 is 20.1 Å². The van der Waals surface area contributed by atoms with Crippen molar-refractivity contribution in [2.75, 3.05) is 27.3 Å². The van der Waals surface area contributed by atoms with E-state index in [0.717, 1.165) is 55.7 Å². The van der Waals surface area contributed by atoms with Crippen LogP contribution >= 0.6 is 0 Å². The van der Waals surface area contributed by atoms with Crippen molar-refractivity contribution in [1.82, 2.24) is 15.6 Å². The van der Waals surface area contributed by atoms with Crippen molar-refractivity contribution in [2.24, 2.45) is 10.9 Å². The quantitative estimate of drug-likeness (QED) is 0.429. The van der Waals surface area contributed by atoms with E-state index in [2.05, 4.69) is 27.5 Å². The van der Waals surface area contributed by atoms with Crippen molar-refractivity contribution in [3.8, 4) is 5.88 Å². The van der Waals surface area contributed by atoms with Crippen molar-refractivity contribution >= 4 is 5.96 Å². The average molecular weight is 348 g/mol. The third kappa shape index (κ3) is 7.30. The molecule has 1 saturated carbocycles. The van der Waals surface area contributed by atoms with Crippen molar-refractivity contribution in [2.45, 2.75) is 51.7 Å². The molecule has 0 saturated heterocycles. The van der Waals surface area contributed by atoms with Crippen LogP contribution in [0.1, 0.15) is 44.6 Å². The van der Waals surface area contributed by atoms with Crippen LogP contribution in [-0.4, -0.2) is 44.4 Å². The number of pyridine rings is 1. The molecule has 1 heterocycles. The second-order valence-corrected chi connectivity index (χ2v) is 6.70. The molecule has 0 aromatic carbocycles. The Morgan fingerprint density at radius 3 is 2.80 bits per heavy atom. The summed E-state index contributed by atoms with van der Waals surface area (Å²) in [6.07, 6.45) is 7.82. The molecule has 1 fully saturated rings. The maximum Gasteiger partial charge on any atom is 0.213 e. The molecule has 1 aliphatic carbocycles. The van der Waals surface area contributed by atoms with E-state index >= 15 is 0 Å². The fourth-order valence-electron chi connectivity index (χ4n) is 2.97. The first-order chi connectivity index (χ1) is 12.2. The van der Waals surface area contributed by atoms with Gasteiger partial charge in [-0.25, -0.2) is 4.98 Å². The first-order valence-electron chi connectivity index (χ1n) is 9.26. The normalized spacial score (nSPS) is 21.0. The fourth-order valence-corrected chi connectivity index (χ4v) is 2.97. The molecule has 2 N–H and O–H groups in total. The number of hydrogen-bond acceptors (Lipinski definition) is 4. The summed E-state index contributed by atoms with van der Waals surface area (Å²) >= 11 is 0. The summed E-state index contributed by atoms with van der Waals surface area (Å²) in [5.74, 6) is 2.34. The van der Waals surface area contributed by atoms with E-state index < -0.39 is 0 Å². The minimum atomic E-state index is 0.308. The Labute approximate surface area is 151 Å². The SMILES string of the molecule is CN=C(NCCCOC)NCc1ccnc(OC2CCC(C)CC2)c1. The fraction of sp³-hybridized carbons (Fsp3) is 0.684. The zero-order valence-electron chi connectivity index (χ0n) is 15.8. The van der Waals surface area contributed by atoms with Crippen LogP contribution in [0.2, 0.25) is 0 Å². The Hall–Kier alpha value is -1.82. The lowest BCUT2D eigenvalue weighted by Crippen LogP contribution is -2.37. The highest BCUT2D eigenvalue weighted by molar-refractivity contribution is 5.79. The zero-order chi connectivity index (χ0) is 17.9. The van der Waals surface area contributed by atoms with Gasteiger partial charge in [-0.15, -0.1) is 0 Å². The standard InChI is InChI=1S/C19H32N4O2/c1-15-5-7-17(8-6-15)25-18-13-16(9-11-21-18)14-23-19(20-2)22-10-4-12-24-3/h9,11,13,15,17H,4-8,10,12,14H2,1-3H3,(H2,20,22,23). The minimum Gasteiger partial charge on any atom is -0.474 e. The number of aliphatic imine (C=N–C) groups is 1. The Morgan fingerprint density at radius 2 is 2.08 bits per heavy atom. The number of hydrogen-bond donors (Lipinski definition) is 2. The molecule has 0 atom stereocenters. The molecular weight excluding hydrogens is 316 g/mol. The Kier molecular flexibility index (Phi) is 8.52. The lowest BCUT2D eigenvalue weighted by molar-refractivity contribution is 0.130. The Bertz CT molecular complexity index is 528. The van der Waals surface area contributed by atoms with Crippen LogP contribution in [0.3, 0.4) is 0 Å². The van der Waals surface area contributed by atoms with E-state index in [-0.39, 0.29) is 0 Å². The van der Waals surface area contributed by atoms with Gasteiger partial charge in [-0.05, 0) is 49.7 Å². The van der Waals surface area contributed by atoms with E-state index in [4.69, 9.17) is 9.47 Å². The maximum absolute atomic E-state index is 6.07. The summed E-state index contributed by atoms with van der Waals surface area (Å²) in [6.45, 7) is 4.58. The van der Waals surface area contributed by atoms with Crippen LogP contribution in [0.4, 0.5) is 0 Å². The number of aromatic nitrogens is 1. The predicted molar refractivity (Wildman–Crippen MR) is 101 cm³/mol. The van der Waals surface area contributed by atoms with E-state index in [1.54, 1.807) is 14.2 Å².